The summed E-state index contributed by atoms with van der Waals surface area (Å²) in [5.41, 5.74) is 0.708. The van der Waals surface area contributed by atoms with Crippen molar-refractivity contribution in [1.29, 1.82) is 0 Å². The standard InChI is InChI=1S/C13H18Cl2N2O/c1-3-4-7-16-13(18)9(2)17-12-6-5-10(14)8-11(12)15/h5-6,8-9,17H,3-4,7H2,1-2H3,(H,16,18). The van der Waals surface area contributed by atoms with E-state index in [2.05, 4.69) is 17.6 Å². The number of anilines is 1. The summed E-state index contributed by atoms with van der Waals surface area (Å²) in [6.45, 7) is 4.59. The van der Waals surface area contributed by atoms with Crippen LogP contribution in [-0.4, -0.2) is 18.5 Å². The summed E-state index contributed by atoms with van der Waals surface area (Å²) in [4.78, 5) is 11.8. The molecule has 5 heteroatoms. The Balaban J connectivity index is 2.53. The van der Waals surface area contributed by atoms with Gasteiger partial charge >= 0.3 is 0 Å². The van der Waals surface area contributed by atoms with E-state index in [0.717, 1.165) is 12.8 Å². The van der Waals surface area contributed by atoms with E-state index in [-0.39, 0.29) is 11.9 Å². The first-order chi connectivity index (χ1) is 8.54. The van der Waals surface area contributed by atoms with E-state index < -0.39 is 0 Å². The highest BCUT2D eigenvalue weighted by molar-refractivity contribution is 6.36. The zero-order chi connectivity index (χ0) is 13.5. The molecule has 100 valence electrons. The van der Waals surface area contributed by atoms with Gasteiger partial charge in [0, 0.05) is 11.6 Å². The molecule has 0 aliphatic heterocycles. The van der Waals surface area contributed by atoms with Gasteiger partial charge in [-0.2, -0.15) is 0 Å². The molecule has 0 radical (unpaired) electrons. The maximum absolute atomic E-state index is 11.8. The second-order valence-corrected chi connectivity index (χ2v) is 4.98. The van der Waals surface area contributed by atoms with Gasteiger partial charge in [0.2, 0.25) is 5.91 Å². The zero-order valence-electron chi connectivity index (χ0n) is 10.6. The molecule has 0 saturated heterocycles. The normalized spacial score (nSPS) is 12.0. The van der Waals surface area contributed by atoms with Gasteiger partial charge in [-0.05, 0) is 31.5 Å². The van der Waals surface area contributed by atoms with Crippen LogP contribution in [0.2, 0.25) is 10.0 Å². The number of hydrogen-bond donors (Lipinski definition) is 2. The van der Waals surface area contributed by atoms with Crippen LogP contribution < -0.4 is 10.6 Å². The number of unbranched alkanes of at least 4 members (excludes halogenated alkanes) is 1. The lowest BCUT2D eigenvalue weighted by atomic mass is 10.2. The molecule has 1 unspecified atom stereocenters. The van der Waals surface area contributed by atoms with Gasteiger partial charge in [-0.1, -0.05) is 36.5 Å². The number of amides is 1. The van der Waals surface area contributed by atoms with Gasteiger partial charge in [-0.25, -0.2) is 0 Å². The van der Waals surface area contributed by atoms with Gasteiger partial charge in [0.25, 0.3) is 0 Å². The number of benzene rings is 1. The van der Waals surface area contributed by atoms with Gasteiger partial charge in [0.15, 0.2) is 0 Å². The quantitative estimate of drug-likeness (QED) is 0.784. The van der Waals surface area contributed by atoms with Gasteiger partial charge in [0.1, 0.15) is 6.04 Å². The van der Waals surface area contributed by atoms with Gasteiger partial charge in [-0.3, -0.25) is 4.79 Å². The van der Waals surface area contributed by atoms with Crippen molar-refractivity contribution in [3.63, 3.8) is 0 Å². The van der Waals surface area contributed by atoms with E-state index in [0.29, 0.717) is 22.3 Å². The lowest BCUT2D eigenvalue weighted by molar-refractivity contribution is -0.121. The Bertz CT molecular complexity index is 410. The summed E-state index contributed by atoms with van der Waals surface area (Å²) >= 11 is 11.8. The van der Waals surface area contributed by atoms with Crippen LogP contribution in [0.15, 0.2) is 18.2 Å². The van der Waals surface area contributed by atoms with Gasteiger partial charge in [0.05, 0.1) is 10.7 Å². The summed E-state index contributed by atoms with van der Waals surface area (Å²) in [6, 6.07) is 4.81. The molecule has 1 amide bonds. The second kappa shape index (κ2) is 7.49. The molecule has 2 N–H and O–H groups in total. The Morgan fingerprint density at radius 1 is 1.39 bits per heavy atom. The average molecular weight is 289 g/mol. The molecular weight excluding hydrogens is 271 g/mol. The van der Waals surface area contributed by atoms with E-state index in [4.69, 9.17) is 23.2 Å². The van der Waals surface area contributed by atoms with E-state index in [1.165, 1.54) is 0 Å². The number of nitrogens with one attached hydrogen (secondary N) is 2. The number of carbonyl (C=O) groups excluding carboxylic acids is 1. The van der Waals surface area contributed by atoms with Crippen molar-refractivity contribution in [3.05, 3.63) is 28.2 Å². The largest absolute Gasteiger partial charge is 0.373 e. The van der Waals surface area contributed by atoms with Crippen LogP contribution in [0.5, 0.6) is 0 Å². The summed E-state index contributed by atoms with van der Waals surface area (Å²) < 4.78 is 0. The molecule has 0 fully saturated rings. The molecule has 3 nitrogen and oxygen atoms in total. The molecule has 1 atom stereocenters. The topological polar surface area (TPSA) is 41.1 Å². The smallest absolute Gasteiger partial charge is 0.242 e. The molecule has 0 aliphatic carbocycles. The molecule has 0 spiro atoms. The molecule has 1 aromatic rings. The molecule has 0 aliphatic rings. The Labute approximate surface area is 118 Å². The predicted molar refractivity (Wildman–Crippen MR) is 77.5 cm³/mol. The average Bonchev–Trinajstić information content (AvgIpc) is 2.32. The maximum Gasteiger partial charge on any atom is 0.242 e. The first-order valence-electron chi connectivity index (χ1n) is 6.04. The SMILES string of the molecule is CCCCNC(=O)C(C)Nc1ccc(Cl)cc1Cl. The van der Waals surface area contributed by atoms with Crippen molar-refractivity contribution >= 4 is 34.8 Å². The third kappa shape index (κ3) is 4.75. The fraction of sp³-hybridized carbons (Fsp3) is 0.462. The summed E-state index contributed by atoms with van der Waals surface area (Å²) in [7, 11) is 0. The minimum Gasteiger partial charge on any atom is -0.373 e. The van der Waals surface area contributed by atoms with Crippen LogP contribution >= 0.6 is 23.2 Å². The first-order valence-corrected chi connectivity index (χ1v) is 6.79. The van der Waals surface area contributed by atoms with Gasteiger partial charge < -0.3 is 10.6 Å². The van der Waals surface area contributed by atoms with Crippen molar-refractivity contribution in [1.82, 2.24) is 5.32 Å². The van der Waals surface area contributed by atoms with E-state index in [1.807, 2.05) is 0 Å². The van der Waals surface area contributed by atoms with Crippen molar-refractivity contribution in [2.75, 3.05) is 11.9 Å². The van der Waals surface area contributed by atoms with Gasteiger partial charge in [-0.15, -0.1) is 0 Å². The highest BCUT2D eigenvalue weighted by atomic mass is 35.5. The van der Waals surface area contributed by atoms with Crippen LogP contribution in [0.1, 0.15) is 26.7 Å². The zero-order valence-corrected chi connectivity index (χ0v) is 12.1. The van der Waals surface area contributed by atoms with Crippen molar-refractivity contribution < 1.29 is 4.79 Å². The van der Waals surface area contributed by atoms with E-state index in [1.54, 1.807) is 25.1 Å². The van der Waals surface area contributed by atoms with Crippen LogP contribution in [0.25, 0.3) is 0 Å². The van der Waals surface area contributed by atoms with E-state index >= 15 is 0 Å². The second-order valence-electron chi connectivity index (χ2n) is 4.13. The van der Waals surface area contributed by atoms with Crippen LogP contribution in [0, 0.1) is 0 Å². The van der Waals surface area contributed by atoms with Crippen molar-refractivity contribution in [2.45, 2.75) is 32.7 Å². The van der Waals surface area contributed by atoms with E-state index in [9.17, 15) is 4.79 Å². The summed E-state index contributed by atoms with van der Waals surface area (Å²) in [6.07, 6.45) is 2.05. The fourth-order valence-corrected chi connectivity index (χ4v) is 1.91. The Morgan fingerprint density at radius 3 is 2.72 bits per heavy atom. The molecule has 0 bridgehead atoms. The van der Waals surface area contributed by atoms with Crippen LogP contribution in [0.3, 0.4) is 0 Å². The van der Waals surface area contributed by atoms with Crippen LogP contribution in [0.4, 0.5) is 5.69 Å². The monoisotopic (exact) mass is 288 g/mol. The molecule has 1 rings (SSSR count). The molecule has 1 aromatic carbocycles. The highest BCUT2D eigenvalue weighted by Crippen LogP contribution is 2.25. The van der Waals surface area contributed by atoms with Crippen molar-refractivity contribution in [2.24, 2.45) is 0 Å². The lowest BCUT2D eigenvalue weighted by Gasteiger charge is -2.16. The number of hydrogen-bond acceptors (Lipinski definition) is 2. The Morgan fingerprint density at radius 2 is 2.11 bits per heavy atom. The maximum atomic E-state index is 11.8. The number of carbonyl (C=O) groups is 1. The molecule has 18 heavy (non-hydrogen) atoms. The molecular formula is C13H18Cl2N2O. The fourth-order valence-electron chi connectivity index (χ4n) is 1.45. The molecule has 0 aromatic heterocycles. The molecule has 0 saturated carbocycles. The third-order valence-electron chi connectivity index (χ3n) is 2.53. The minimum absolute atomic E-state index is 0.0329. The Kier molecular flexibility index (Phi) is 6.30. The minimum atomic E-state index is -0.333. The first kappa shape index (κ1) is 15.1. The number of halogens is 2. The third-order valence-corrected chi connectivity index (χ3v) is 3.07. The highest BCUT2D eigenvalue weighted by Gasteiger charge is 2.13. The summed E-state index contributed by atoms with van der Waals surface area (Å²) in [5.74, 6) is -0.0329. The Hall–Kier alpha value is -0.930. The molecule has 0 heterocycles. The number of rotatable bonds is 6. The lowest BCUT2D eigenvalue weighted by Crippen LogP contribution is -2.38. The van der Waals surface area contributed by atoms with Crippen molar-refractivity contribution in [3.8, 4) is 0 Å². The summed E-state index contributed by atoms with van der Waals surface area (Å²) in [5, 5.41) is 7.01. The van der Waals surface area contributed by atoms with Crippen LogP contribution in [-0.2, 0) is 4.79 Å². The predicted octanol–water partition coefficient (Wildman–Crippen LogP) is 3.71.